The fourth-order valence-electron chi connectivity index (χ4n) is 1.95. The van der Waals surface area contributed by atoms with Gasteiger partial charge in [-0.25, -0.2) is 0 Å². The van der Waals surface area contributed by atoms with Crippen LogP contribution in [0.1, 0.15) is 42.9 Å². The highest BCUT2D eigenvalue weighted by atomic mass is 32.2. The van der Waals surface area contributed by atoms with Crippen molar-refractivity contribution in [1.29, 1.82) is 0 Å². The third kappa shape index (κ3) is 3.54. The van der Waals surface area contributed by atoms with Crippen molar-refractivity contribution in [1.82, 2.24) is 0 Å². The van der Waals surface area contributed by atoms with E-state index < -0.39 is 10.1 Å². The Labute approximate surface area is 104 Å². The molecule has 1 rings (SSSR count). The second kappa shape index (κ2) is 5.65. The van der Waals surface area contributed by atoms with Crippen molar-refractivity contribution in [2.45, 2.75) is 51.3 Å². The minimum absolute atomic E-state index is 0.0664. The number of benzene rings is 1. The van der Waals surface area contributed by atoms with Crippen molar-refractivity contribution in [3.05, 3.63) is 28.8 Å². The van der Waals surface area contributed by atoms with E-state index in [1.807, 2.05) is 13.8 Å². The lowest BCUT2D eigenvalue weighted by atomic mass is 9.98. The molecule has 0 aliphatic heterocycles. The maximum absolute atomic E-state index is 11.3. The first-order chi connectivity index (χ1) is 7.88. The zero-order chi connectivity index (χ0) is 13.1. The van der Waals surface area contributed by atoms with E-state index in [-0.39, 0.29) is 4.90 Å². The summed E-state index contributed by atoms with van der Waals surface area (Å²) in [4.78, 5) is 0.0664. The Bertz CT molecular complexity index is 490. The van der Waals surface area contributed by atoms with Crippen molar-refractivity contribution < 1.29 is 13.0 Å². The molecule has 0 spiro atoms. The van der Waals surface area contributed by atoms with Crippen LogP contribution in [0, 0.1) is 13.8 Å². The van der Waals surface area contributed by atoms with Crippen LogP contribution in [-0.4, -0.2) is 13.0 Å². The molecular formula is C13H20O3S. The molecule has 0 saturated carbocycles. The third-order valence-electron chi connectivity index (χ3n) is 3.13. The minimum atomic E-state index is -4.11. The van der Waals surface area contributed by atoms with Crippen molar-refractivity contribution in [3.8, 4) is 0 Å². The summed E-state index contributed by atoms with van der Waals surface area (Å²) in [6.45, 7) is 5.96. The zero-order valence-electron chi connectivity index (χ0n) is 10.7. The van der Waals surface area contributed by atoms with E-state index in [0.29, 0.717) is 6.42 Å². The summed E-state index contributed by atoms with van der Waals surface area (Å²) in [5.74, 6) is 0. The highest BCUT2D eigenvalue weighted by Crippen LogP contribution is 2.24. The fraction of sp³-hybridized carbons (Fsp3) is 0.538. The van der Waals surface area contributed by atoms with Crippen molar-refractivity contribution in [3.63, 3.8) is 0 Å². The smallest absolute Gasteiger partial charge is 0.282 e. The molecule has 17 heavy (non-hydrogen) atoms. The average Bonchev–Trinajstić information content (AvgIpc) is 2.23. The SMILES string of the molecule is CCCCCc1c(S(=O)(=O)O)ccc(C)c1C. The molecule has 0 unspecified atom stereocenters. The summed E-state index contributed by atoms with van der Waals surface area (Å²) in [6, 6.07) is 3.24. The second-order valence-electron chi connectivity index (χ2n) is 4.42. The third-order valence-corrected chi connectivity index (χ3v) is 4.07. The number of aryl methyl sites for hydroxylation is 1. The van der Waals surface area contributed by atoms with Gasteiger partial charge in [0, 0.05) is 0 Å². The Morgan fingerprint density at radius 3 is 2.35 bits per heavy atom. The van der Waals surface area contributed by atoms with E-state index in [9.17, 15) is 13.0 Å². The van der Waals surface area contributed by atoms with Gasteiger partial charge in [-0.3, -0.25) is 4.55 Å². The van der Waals surface area contributed by atoms with E-state index >= 15 is 0 Å². The van der Waals surface area contributed by atoms with Crippen LogP contribution in [0.4, 0.5) is 0 Å². The van der Waals surface area contributed by atoms with Gasteiger partial charge in [-0.2, -0.15) is 8.42 Å². The Kier molecular flexibility index (Phi) is 4.71. The van der Waals surface area contributed by atoms with Crippen LogP contribution in [0.15, 0.2) is 17.0 Å². The first kappa shape index (κ1) is 14.2. The molecule has 0 aliphatic rings. The molecular weight excluding hydrogens is 236 g/mol. The monoisotopic (exact) mass is 256 g/mol. The molecule has 0 aromatic heterocycles. The van der Waals surface area contributed by atoms with E-state index in [4.69, 9.17) is 0 Å². The van der Waals surface area contributed by atoms with Crippen molar-refractivity contribution >= 4 is 10.1 Å². The number of hydrogen-bond acceptors (Lipinski definition) is 2. The highest BCUT2D eigenvalue weighted by molar-refractivity contribution is 7.85. The van der Waals surface area contributed by atoms with E-state index in [1.54, 1.807) is 6.07 Å². The minimum Gasteiger partial charge on any atom is -0.282 e. The largest absolute Gasteiger partial charge is 0.294 e. The predicted octanol–water partition coefficient (Wildman–Crippen LogP) is 3.28. The standard InChI is InChI=1S/C13H20O3S/c1-4-5-6-7-12-11(3)10(2)8-9-13(12)17(14,15)16/h8-9H,4-7H2,1-3H3,(H,14,15,16). The first-order valence-electron chi connectivity index (χ1n) is 5.94. The van der Waals surface area contributed by atoms with Gasteiger partial charge in [0.05, 0.1) is 4.90 Å². The summed E-state index contributed by atoms with van der Waals surface area (Å²) >= 11 is 0. The molecule has 0 radical (unpaired) electrons. The molecule has 0 bridgehead atoms. The summed E-state index contributed by atoms with van der Waals surface area (Å²) in [5.41, 5.74) is 2.79. The van der Waals surface area contributed by atoms with E-state index in [1.165, 1.54) is 6.07 Å². The van der Waals surface area contributed by atoms with Gasteiger partial charge in [0.25, 0.3) is 10.1 Å². The fourth-order valence-corrected chi connectivity index (χ4v) is 2.76. The number of rotatable bonds is 5. The summed E-state index contributed by atoms with van der Waals surface area (Å²) < 4.78 is 31.8. The number of unbranched alkanes of at least 4 members (excludes halogenated alkanes) is 2. The van der Waals surface area contributed by atoms with Crippen LogP contribution in [0.25, 0.3) is 0 Å². The summed E-state index contributed by atoms with van der Waals surface area (Å²) in [6.07, 6.45) is 3.81. The van der Waals surface area contributed by atoms with Crippen molar-refractivity contribution in [2.24, 2.45) is 0 Å². The lowest BCUT2D eigenvalue weighted by molar-refractivity contribution is 0.481. The Balaban J connectivity index is 3.18. The molecule has 0 heterocycles. The summed E-state index contributed by atoms with van der Waals surface area (Å²) in [7, 11) is -4.11. The first-order valence-corrected chi connectivity index (χ1v) is 7.38. The molecule has 3 nitrogen and oxygen atoms in total. The van der Waals surface area contributed by atoms with Gasteiger partial charge in [0.2, 0.25) is 0 Å². The Morgan fingerprint density at radius 2 is 1.82 bits per heavy atom. The molecule has 0 fully saturated rings. The highest BCUT2D eigenvalue weighted by Gasteiger charge is 2.17. The van der Waals surface area contributed by atoms with Crippen LogP contribution < -0.4 is 0 Å². The Hall–Kier alpha value is -0.870. The van der Waals surface area contributed by atoms with E-state index in [0.717, 1.165) is 36.0 Å². The topological polar surface area (TPSA) is 54.4 Å². The van der Waals surface area contributed by atoms with Gasteiger partial charge in [-0.05, 0) is 49.4 Å². The molecule has 0 aliphatic carbocycles. The van der Waals surface area contributed by atoms with Crippen LogP contribution >= 0.6 is 0 Å². The van der Waals surface area contributed by atoms with Crippen molar-refractivity contribution in [2.75, 3.05) is 0 Å². The maximum Gasteiger partial charge on any atom is 0.294 e. The van der Waals surface area contributed by atoms with Crippen LogP contribution in [0.5, 0.6) is 0 Å². The quantitative estimate of drug-likeness (QED) is 0.649. The molecule has 1 N–H and O–H groups in total. The zero-order valence-corrected chi connectivity index (χ0v) is 11.5. The summed E-state index contributed by atoms with van der Waals surface area (Å²) in [5, 5.41) is 0. The molecule has 0 atom stereocenters. The van der Waals surface area contributed by atoms with Crippen LogP contribution in [0.2, 0.25) is 0 Å². The lowest BCUT2D eigenvalue weighted by Gasteiger charge is -2.12. The van der Waals surface area contributed by atoms with Crippen LogP contribution in [-0.2, 0) is 16.5 Å². The van der Waals surface area contributed by atoms with Gasteiger partial charge in [-0.15, -0.1) is 0 Å². The Morgan fingerprint density at radius 1 is 1.18 bits per heavy atom. The second-order valence-corrected chi connectivity index (χ2v) is 5.81. The lowest BCUT2D eigenvalue weighted by Crippen LogP contribution is -2.06. The predicted molar refractivity (Wildman–Crippen MR) is 69.0 cm³/mol. The van der Waals surface area contributed by atoms with Gasteiger partial charge in [-0.1, -0.05) is 25.8 Å². The van der Waals surface area contributed by atoms with E-state index in [2.05, 4.69) is 6.92 Å². The van der Waals surface area contributed by atoms with Gasteiger partial charge in [0.1, 0.15) is 0 Å². The maximum atomic E-state index is 11.3. The van der Waals surface area contributed by atoms with Crippen LogP contribution in [0.3, 0.4) is 0 Å². The molecule has 0 saturated heterocycles. The van der Waals surface area contributed by atoms with Gasteiger partial charge >= 0.3 is 0 Å². The van der Waals surface area contributed by atoms with Gasteiger partial charge in [0.15, 0.2) is 0 Å². The molecule has 4 heteroatoms. The normalized spacial score (nSPS) is 11.8. The average molecular weight is 256 g/mol. The molecule has 1 aromatic rings. The molecule has 1 aromatic carbocycles. The molecule has 96 valence electrons. The number of hydrogen-bond donors (Lipinski definition) is 1. The molecule has 0 amide bonds. The van der Waals surface area contributed by atoms with Gasteiger partial charge < -0.3 is 0 Å².